The lowest BCUT2D eigenvalue weighted by molar-refractivity contribution is -0.124. The number of carbonyl (C=O) groups is 2. The molecule has 1 aliphatic rings. The van der Waals surface area contributed by atoms with Crippen molar-refractivity contribution in [3.05, 3.63) is 35.0 Å². The maximum absolute atomic E-state index is 12.2. The lowest BCUT2D eigenvalue weighted by Crippen LogP contribution is -2.29. The van der Waals surface area contributed by atoms with Crippen molar-refractivity contribution in [2.75, 3.05) is 13.2 Å². The van der Waals surface area contributed by atoms with Crippen LogP contribution in [0.5, 0.6) is 0 Å². The highest BCUT2D eigenvalue weighted by molar-refractivity contribution is 5.97. The normalized spacial score (nSPS) is 16.7. The molecule has 0 radical (unpaired) electrons. The first-order chi connectivity index (χ1) is 11.6. The summed E-state index contributed by atoms with van der Waals surface area (Å²) in [5, 5.41) is 3.79. The first kappa shape index (κ1) is 16.6. The minimum atomic E-state index is -0.456. The van der Waals surface area contributed by atoms with Gasteiger partial charge in [0.15, 0.2) is 6.61 Å². The number of amides is 1. The van der Waals surface area contributed by atoms with Gasteiger partial charge >= 0.3 is 5.97 Å². The van der Waals surface area contributed by atoms with E-state index in [1.807, 2.05) is 19.1 Å². The van der Waals surface area contributed by atoms with Gasteiger partial charge < -0.3 is 15.0 Å². The molecule has 5 nitrogen and oxygen atoms in total. The molecule has 2 N–H and O–H groups in total. The molecular weight excluding hydrogens is 304 g/mol. The first-order valence-corrected chi connectivity index (χ1v) is 8.65. The molecule has 0 fully saturated rings. The first-order valence-electron chi connectivity index (χ1n) is 8.65. The number of aromatic amines is 1. The number of hydrogen-bond acceptors (Lipinski definition) is 3. The van der Waals surface area contributed by atoms with Crippen molar-refractivity contribution < 1.29 is 14.3 Å². The van der Waals surface area contributed by atoms with Crippen molar-refractivity contribution >= 4 is 22.8 Å². The number of ether oxygens (including phenoxy) is 1. The van der Waals surface area contributed by atoms with Crippen LogP contribution in [0.2, 0.25) is 0 Å². The number of esters is 1. The highest BCUT2D eigenvalue weighted by atomic mass is 16.5. The average Bonchev–Trinajstić information content (AvgIpc) is 2.94. The zero-order chi connectivity index (χ0) is 17.1. The van der Waals surface area contributed by atoms with E-state index in [4.69, 9.17) is 4.74 Å². The molecule has 0 unspecified atom stereocenters. The summed E-state index contributed by atoms with van der Waals surface area (Å²) in [6, 6.07) is 5.56. The lowest BCUT2D eigenvalue weighted by Gasteiger charge is -2.18. The Morgan fingerprint density at radius 3 is 3.00 bits per heavy atom. The molecule has 128 valence electrons. The molecule has 1 heterocycles. The van der Waals surface area contributed by atoms with Gasteiger partial charge in [-0.15, -0.1) is 0 Å². The van der Waals surface area contributed by atoms with Crippen LogP contribution in [0.4, 0.5) is 0 Å². The van der Waals surface area contributed by atoms with Crippen LogP contribution < -0.4 is 5.32 Å². The Kier molecular flexibility index (Phi) is 4.88. The van der Waals surface area contributed by atoms with E-state index in [0.29, 0.717) is 18.0 Å². The molecule has 0 bridgehead atoms. The third-order valence-electron chi connectivity index (χ3n) is 4.58. The fraction of sp³-hybridized carbons (Fsp3) is 0.474. The monoisotopic (exact) mass is 328 g/mol. The Labute approximate surface area is 141 Å². The number of benzene rings is 1. The summed E-state index contributed by atoms with van der Waals surface area (Å²) in [4.78, 5) is 27.2. The van der Waals surface area contributed by atoms with Gasteiger partial charge in [0.05, 0.1) is 5.56 Å². The topological polar surface area (TPSA) is 71.2 Å². The quantitative estimate of drug-likeness (QED) is 0.829. The van der Waals surface area contributed by atoms with Gasteiger partial charge in [0.1, 0.15) is 0 Å². The largest absolute Gasteiger partial charge is 0.452 e. The number of carbonyl (C=O) groups excluding carboxylic acids is 2. The van der Waals surface area contributed by atoms with Gasteiger partial charge in [-0.3, -0.25) is 4.79 Å². The molecular formula is C19H24N2O3. The van der Waals surface area contributed by atoms with E-state index < -0.39 is 5.97 Å². The van der Waals surface area contributed by atoms with E-state index in [1.54, 1.807) is 6.07 Å². The van der Waals surface area contributed by atoms with E-state index in [9.17, 15) is 9.59 Å². The number of aryl methyl sites for hydroxylation is 1. The maximum Gasteiger partial charge on any atom is 0.338 e. The van der Waals surface area contributed by atoms with Gasteiger partial charge in [0, 0.05) is 23.1 Å². The zero-order valence-electron chi connectivity index (χ0n) is 14.3. The van der Waals surface area contributed by atoms with Crippen LogP contribution in [0.1, 0.15) is 48.3 Å². The fourth-order valence-corrected chi connectivity index (χ4v) is 3.25. The molecule has 1 aliphatic carbocycles. The molecule has 1 atom stereocenters. The van der Waals surface area contributed by atoms with Crippen LogP contribution in [-0.2, 0) is 22.4 Å². The minimum absolute atomic E-state index is 0.237. The molecule has 0 saturated carbocycles. The SMILES string of the molecule is CCCNC(=O)COC(=O)c1ccc2[nH]c3c(c2c1)C[C@H](C)CC3. The van der Waals surface area contributed by atoms with Gasteiger partial charge in [-0.1, -0.05) is 13.8 Å². The molecule has 0 spiro atoms. The highest BCUT2D eigenvalue weighted by Gasteiger charge is 2.21. The number of hydrogen-bond donors (Lipinski definition) is 2. The summed E-state index contributed by atoms with van der Waals surface area (Å²) in [5.41, 5.74) is 4.16. The second-order valence-electron chi connectivity index (χ2n) is 6.62. The van der Waals surface area contributed by atoms with Crippen LogP contribution in [-0.4, -0.2) is 30.0 Å². The third kappa shape index (κ3) is 3.45. The molecule has 3 rings (SSSR count). The number of H-pyrrole nitrogens is 1. The second-order valence-corrected chi connectivity index (χ2v) is 6.62. The van der Waals surface area contributed by atoms with Gasteiger partial charge in [0.2, 0.25) is 0 Å². The summed E-state index contributed by atoms with van der Waals surface area (Å²) in [6.45, 7) is 4.59. The summed E-state index contributed by atoms with van der Waals surface area (Å²) >= 11 is 0. The van der Waals surface area contributed by atoms with Crippen molar-refractivity contribution in [2.45, 2.75) is 39.5 Å². The Morgan fingerprint density at radius 1 is 1.38 bits per heavy atom. The molecule has 5 heteroatoms. The Morgan fingerprint density at radius 2 is 2.21 bits per heavy atom. The molecule has 0 saturated heterocycles. The van der Waals surface area contributed by atoms with E-state index >= 15 is 0 Å². The average molecular weight is 328 g/mol. The van der Waals surface area contributed by atoms with Crippen LogP contribution in [0.3, 0.4) is 0 Å². The standard InChI is InChI=1S/C19H24N2O3/c1-3-8-20-18(22)11-24-19(23)13-5-7-17-15(10-13)14-9-12(2)4-6-16(14)21-17/h5,7,10,12,21H,3-4,6,8-9,11H2,1-2H3,(H,20,22)/t12-/m1/s1. The maximum atomic E-state index is 12.2. The number of rotatable bonds is 5. The summed E-state index contributed by atoms with van der Waals surface area (Å²) in [6.07, 6.45) is 4.14. The van der Waals surface area contributed by atoms with Crippen molar-refractivity contribution in [1.29, 1.82) is 0 Å². The van der Waals surface area contributed by atoms with Gasteiger partial charge in [-0.2, -0.15) is 0 Å². The van der Waals surface area contributed by atoms with Crippen molar-refractivity contribution in [2.24, 2.45) is 5.92 Å². The van der Waals surface area contributed by atoms with E-state index in [0.717, 1.165) is 30.2 Å². The fourth-order valence-electron chi connectivity index (χ4n) is 3.25. The van der Waals surface area contributed by atoms with Gasteiger partial charge in [-0.25, -0.2) is 4.79 Å². The Hall–Kier alpha value is -2.30. The van der Waals surface area contributed by atoms with Crippen LogP contribution in [0.15, 0.2) is 18.2 Å². The van der Waals surface area contributed by atoms with Crippen molar-refractivity contribution in [1.82, 2.24) is 10.3 Å². The Bertz CT molecular complexity index is 763. The van der Waals surface area contributed by atoms with E-state index in [1.165, 1.54) is 17.7 Å². The molecule has 24 heavy (non-hydrogen) atoms. The smallest absolute Gasteiger partial charge is 0.338 e. The Balaban J connectivity index is 1.74. The van der Waals surface area contributed by atoms with Gasteiger partial charge in [-0.05, 0) is 55.4 Å². The van der Waals surface area contributed by atoms with E-state index in [-0.39, 0.29) is 12.5 Å². The molecule has 1 amide bonds. The second kappa shape index (κ2) is 7.07. The number of aromatic nitrogens is 1. The van der Waals surface area contributed by atoms with Crippen molar-refractivity contribution in [3.8, 4) is 0 Å². The summed E-state index contributed by atoms with van der Waals surface area (Å²) in [5.74, 6) is -0.0594. The van der Waals surface area contributed by atoms with Crippen molar-refractivity contribution in [3.63, 3.8) is 0 Å². The predicted molar refractivity (Wildman–Crippen MR) is 93.1 cm³/mol. The zero-order valence-corrected chi connectivity index (χ0v) is 14.3. The molecule has 1 aromatic carbocycles. The number of nitrogens with one attached hydrogen (secondary N) is 2. The summed E-state index contributed by atoms with van der Waals surface area (Å²) in [7, 11) is 0. The molecule has 0 aliphatic heterocycles. The third-order valence-corrected chi connectivity index (χ3v) is 4.58. The number of fused-ring (bicyclic) bond motifs is 3. The predicted octanol–water partition coefficient (Wildman–Crippen LogP) is 2.98. The molecule has 1 aromatic heterocycles. The van der Waals surface area contributed by atoms with Crippen LogP contribution >= 0.6 is 0 Å². The summed E-state index contributed by atoms with van der Waals surface area (Å²) < 4.78 is 5.12. The minimum Gasteiger partial charge on any atom is -0.452 e. The van der Waals surface area contributed by atoms with E-state index in [2.05, 4.69) is 17.2 Å². The van der Waals surface area contributed by atoms with Crippen LogP contribution in [0.25, 0.3) is 10.9 Å². The van der Waals surface area contributed by atoms with Crippen LogP contribution in [0, 0.1) is 5.92 Å². The van der Waals surface area contributed by atoms with Gasteiger partial charge in [0.25, 0.3) is 5.91 Å². The molecule has 2 aromatic rings. The highest BCUT2D eigenvalue weighted by Crippen LogP contribution is 2.32. The lowest BCUT2D eigenvalue weighted by atomic mass is 9.87.